The van der Waals surface area contributed by atoms with Crippen molar-refractivity contribution in [3.63, 3.8) is 0 Å². The van der Waals surface area contributed by atoms with Gasteiger partial charge in [0.25, 0.3) is 0 Å². The molecule has 1 aromatic heterocycles. The Morgan fingerprint density at radius 2 is 1.86 bits per heavy atom. The maximum atomic E-state index is 6.07. The Labute approximate surface area is 176 Å². The number of aryl methyl sites for hydroxylation is 3. The van der Waals surface area contributed by atoms with Gasteiger partial charge in [0.05, 0.1) is 11.9 Å². The molecule has 3 rings (SSSR count). The van der Waals surface area contributed by atoms with E-state index in [4.69, 9.17) is 23.8 Å². The summed E-state index contributed by atoms with van der Waals surface area (Å²) in [6.45, 7) is 6.94. The molecule has 0 saturated carbocycles. The van der Waals surface area contributed by atoms with E-state index in [1.54, 1.807) is 6.21 Å². The Hall–Kier alpha value is -2.63. The number of aromatic nitrogens is 1. The molecular weight excluding hydrogens is 388 g/mol. The van der Waals surface area contributed by atoms with Crippen LogP contribution in [0.2, 0.25) is 5.02 Å². The molecule has 3 aromatic rings. The standard InChI is InChI=1S/C22H23ClN4S/c1-15-10-16(2)21(17(3)11-15)25-22(28)26-24-13-20-8-5-9-27(20)14-18-6-4-7-19(23)12-18/h4-13H,14H2,1-3H3,(H2,25,26,28). The first-order valence-corrected chi connectivity index (χ1v) is 9.78. The highest BCUT2D eigenvalue weighted by atomic mass is 35.5. The topological polar surface area (TPSA) is 41.4 Å². The lowest BCUT2D eigenvalue weighted by Crippen LogP contribution is -2.25. The highest BCUT2D eigenvalue weighted by Crippen LogP contribution is 2.21. The molecular formula is C22H23ClN4S. The second-order valence-corrected chi connectivity index (χ2v) is 7.63. The molecule has 0 atom stereocenters. The van der Waals surface area contributed by atoms with Crippen molar-refractivity contribution in [3.05, 3.63) is 87.7 Å². The third kappa shape index (κ3) is 5.21. The zero-order valence-electron chi connectivity index (χ0n) is 16.2. The van der Waals surface area contributed by atoms with Crippen LogP contribution in [0, 0.1) is 20.8 Å². The first kappa shape index (κ1) is 20.1. The van der Waals surface area contributed by atoms with Gasteiger partial charge in [-0.15, -0.1) is 0 Å². The van der Waals surface area contributed by atoms with Crippen LogP contribution in [0.5, 0.6) is 0 Å². The minimum atomic E-state index is 0.458. The summed E-state index contributed by atoms with van der Waals surface area (Å²) in [6.07, 6.45) is 3.77. The first-order chi connectivity index (χ1) is 13.4. The fourth-order valence-electron chi connectivity index (χ4n) is 3.20. The molecule has 2 N–H and O–H groups in total. The average molecular weight is 411 g/mol. The Balaban J connectivity index is 1.63. The number of hydrogen-bond acceptors (Lipinski definition) is 2. The molecule has 0 aliphatic rings. The summed E-state index contributed by atoms with van der Waals surface area (Å²) in [6, 6.07) is 16.1. The number of rotatable bonds is 5. The van der Waals surface area contributed by atoms with Crippen LogP contribution in [-0.4, -0.2) is 15.9 Å². The summed E-state index contributed by atoms with van der Waals surface area (Å²) in [5.74, 6) is 0. The number of benzene rings is 2. The van der Waals surface area contributed by atoms with Crippen LogP contribution in [0.4, 0.5) is 5.69 Å². The number of anilines is 1. The number of nitrogens with zero attached hydrogens (tertiary/aromatic N) is 2. The van der Waals surface area contributed by atoms with E-state index in [0.717, 1.165) is 39.6 Å². The van der Waals surface area contributed by atoms with Crippen molar-refractivity contribution < 1.29 is 0 Å². The summed E-state index contributed by atoms with van der Waals surface area (Å²) in [7, 11) is 0. The van der Waals surface area contributed by atoms with Gasteiger partial charge in [0, 0.05) is 23.5 Å². The molecule has 28 heavy (non-hydrogen) atoms. The predicted molar refractivity (Wildman–Crippen MR) is 123 cm³/mol. The number of hydrogen-bond donors (Lipinski definition) is 2. The lowest BCUT2D eigenvalue weighted by Gasteiger charge is -2.14. The molecule has 0 spiro atoms. The SMILES string of the molecule is Cc1cc(C)c(NC(=S)NN=Cc2cccn2Cc2cccc(Cl)c2)c(C)c1. The average Bonchev–Trinajstić information content (AvgIpc) is 3.05. The molecule has 2 aromatic carbocycles. The van der Waals surface area contributed by atoms with E-state index in [0.29, 0.717) is 5.11 Å². The summed E-state index contributed by atoms with van der Waals surface area (Å²) < 4.78 is 2.10. The molecule has 0 fully saturated rings. The minimum absolute atomic E-state index is 0.458. The molecule has 0 aliphatic heterocycles. The number of hydrazone groups is 1. The maximum absolute atomic E-state index is 6.07. The molecule has 0 unspecified atom stereocenters. The van der Waals surface area contributed by atoms with Crippen molar-refractivity contribution in [2.45, 2.75) is 27.3 Å². The van der Waals surface area contributed by atoms with Gasteiger partial charge in [-0.25, -0.2) is 0 Å². The monoisotopic (exact) mass is 410 g/mol. The smallest absolute Gasteiger partial charge is 0.191 e. The number of halogens is 1. The van der Waals surface area contributed by atoms with Crippen molar-refractivity contribution in [1.82, 2.24) is 9.99 Å². The molecule has 0 bridgehead atoms. The van der Waals surface area contributed by atoms with Gasteiger partial charge in [-0.05, 0) is 73.9 Å². The second kappa shape index (κ2) is 9.04. The van der Waals surface area contributed by atoms with Crippen molar-refractivity contribution in [1.29, 1.82) is 0 Å². The predicted octanol–water partition coefficient (Wildman–Crippen LogP) is 5.44. The van der Waals surface area contributed by atoms with Crippen LogP contribution in [0.25, 0.3) is 0 Å². The van der Waals surface area contributed by atoms with E-state index >= 15 is 0 Å². The van der Waals surface area contributed by atoms with E-state index in [-0.39, 0.29) is 0 Å². The molecule has 0 radical (unpaired) electrons. The van der Waals surface area contributed by atoms with Crippen molar-refractivity contribution in [2.75, 3.05) is 5.32 Å². The molecule has 144 valence electrons. The maximum Gasteiger partial charge on any atom is 0.191 e. The molecule has 0 saturated heterocycles. The van der Waals surface area contributed by atoms with E-state index in [9.17, 15) is 0 Å². The number of thiocarbonyl (C=S) groups is 1. The van der Waals surface area contributed by atoms with E-state index in [2.05, 4.69) is 59.4 Å². The summed E-state index contributed by atoms with van der Waals surface area (Å²) in [4.78, 5) is 0. The van der Waals surface area contributed by atoms with Gasteiger partial charge in [0.1, 0.15) is 0 Å². The van der Waals surface area contributed by atoms with Gasteiger partial charge in [-0.1, -0.05) is 41.4 Å². The minimum Gasteiger partial charge on any atom is -0.342 e. The quantitative estimate of drug-likeness (QED) is 0.334. The summed E-state index contributed by atoms with van der Waals surface area (Å²) in [5.41, 5.74) is 9.56. The van der Waals surface area contributed by atoms with Gasteiger partial charge in [-0.3, -0.25) is 5.43 Å². The summed E-state index contributed by atoms with van der Waals surface area (Å²) >= 11 is 11.5. The molecule has 4 nitrogen and oxygen atoms in total. The largest absolute Gasteiger partial charge is 0.342 e. The zero-order valence-corrected chi connectivity index (χ0v) is 17.7. The normalized spacial score (nSPS) is 11.0. The zero-order chi connectivity index (χ0) is 20.1. The van der Waals surface area contributed by atoms with E-state index < -0.39 is 0 Å². The van der Waals surface area contributed by atoms with Gasteiger partial charge in [0.2, 0.25) is 0 Å². The Bertz CT molecular complexity index is 1000. The van der Waals surface area contributed by atoms with Crippen molar-refractivity contribution >= 4 is 40.8 Å². The van der Waals surface area contributed by atoms with Gasteiger partial charge < -0.3 is 9.88 Å². The lowest BCUT2D eigenvalue weighted by molar-refractivity contribution is 0.799. The molecule has 1 heterocycles. The molecule has 6 heteroatoms. The lowest BCUT2D eigenvalue weighted by atomic mass is 10.1. The van der Waals surface area contributed by atoms with Crippen LogP contribution in [-0.2, 0) is 6.54 Å². The Morgan fingerprint density at radius 1 is 1.11 bits per heavy atom. The second-order valence-electron chi connectivity index (χ2n) is 6.79. The van der Waals surface area contributed by atoms with E-state index in [1.807, 2.05) is 36.5 Å². The number of nitrogens with one attached hydrogen (secondary N) is 2. The molecule has 0 amide bonds. The van der Waals surface area contributed by atoms with Crippen molar-refractivity contribution in [3.8, 4) is 0 Å². The first-order valence-electron chi connectivity index (χ1n) is 9.00. The van der Waals surface area contributed by atoms with Crippen molar-refractivity contribution in [2.24, 2.45) is 5.10 Å². The Kier molecular flexibility index (Phi) is 6.49. The van der Waals surface area contributed by atoms with Crippen LogP contribution < -0.4 is 10.7 Å². The summed E-state index contributed by atoms with van der Waals surface area (Å²) in [5, 5.41) is 8.71. The highest BCUT2D eigenvalue weighted by molar-refractivity contribution is 7.80. The third-order valence-electron chi connectivity index (χ3n) is 4.39. The highest BCUT2D eigenvalue weighted by Gasteiger charge is 2.05. The van der Waals surface area contributed by atoms with Gasteiger partial charge in [-0.2, -0.15) is 5.10 Å². The third-order valence-corrected chi connectivity index (χ3v) is 4.81. The van der Waals surface area contributed by atoms with Crippen LogP contribution in [0.1, 0.15) is 27.9 Å². The van der Waals surface area contributed by atoms with Gasteiger partial charge in [0.15, 0.2) is 5.11 Å². The van der Waals surface area contributed by atoms with Crippen LogP contribution in [0.3, 0.4) is 0 Å². The van der Waals surface area contributed by atoms with Crippen LogP contribution in [0.15, 0.2) is 59.8 Å². The Morgan fingerprint density at radius 3 is 2.57 bits per heavy atom. The molecule has 0 aliphatic carbocycles. The fourth-order valence-corrected chi connectivity index (χ4v) is 3.56. The fraction of sp³-hybridized carbons (Fsp3) is 0.182. The van der Waals surface area contributed by atoms with Gasteiger partial charge >= 0.3 is 0 Å². The van der Waals surface area contributed by atoms with Crippen LogP contribution >= 0.6 is 23.8 Å². The van der Waals surface area contributed by atoms with E-state index in [1.165, 1.54) is 5.56 Å².